The van der Waals surface area contributed by atoms with Gasteiger partial charge in [0.15, 0.2) is 6.61 Å². The van der Waals surface area contributed by atoms with Crippen LogP contribution in [0.3, 0.4) is 0 Å². The van der Waals surface area contributed by atoms with Gasteiger partial charge in [-0.25, -0.2) is 9.59 Å². The summed E-state index contributed by atoms with van der Waals surface area (Å²) in [6.07, 6.45) is 0.155. The number of anilines is 1. The molecule has 0 aromatic heterocycles. The fraction of sp³-hybridized carbons (Fsp3) is 0.364. The van der Waals surface area contributed by atoms with E-state index in [1.54, 1.807) is 30.0 Å². The van der Waals surface area contributed by atoms with Crippen LogP contribution in [-0.2, 0) is 19.1 Å². The lowest BCUT2D eigenvalue weighted by Gasteiger charge is -2.36. The van der Waals surface area contributed by atoms with Crippen LogP contribution in [0.2, 0.25) is 0 Å². The van der Waals surface area contributed by atoms with Crippen molar-refractivity contribution in [2.24, 2.45) is 0 Å². The maximum atomic E-state index is 12.9. The van der Waals surface area contributed by atoms with Crippen molar-refractivity contribution in [1.82, 2.24) is 9.80 Å². The Labute approximate surface area is 184 Å². The van der Waals surface area contributed by atoms with Crippen molar-refractivity contribution in [3.8, 4) is 5.75 Å². The highest BCUT2D eigenvalue weighted by Gasteiger charge is 2.30. The van der Waals surface area contributed by atoms with Gasteiger partial charge in [0, 0.05) is 43.3 Å². The molecule has 2 amide bonds. The number of amides is 2. The number of benzene rings is 2. The van der Waals surface area contributed by atoms with Gasteiger partial charge in [0.1, 0.15) is 18.1 Å². The van der Waals surface area contributed by atoms with E-state index in [1.165, 1.54) is 11.0 Å². The van der Waals surface area contributed by atoms with Crippen molar-refractivity contribution >= 4 is 40.7 Å². The molecule has 0 radical (unpaired) electrons. The van der Waals surface area contributed by atoms with E-state index in [2.05, 4.69) is 5.32 Å². The quantitative estimate of drug-likeness (QED) is 0.465. The Morgan fingerprint density at radius 1 is 1.16 bits per heavy atom. The van der Waals surface area contributed by atoms with Crippen LogP contribution in [0.25, 0.3) is 10.8 Å². The lowest BCUT2D eigenvalue weighted by Crippen LogP contribution is -2.55. The first-order valence-corrected chi connectivity index (χ1v) is 10.2. The van der Waals surface area contributed by atoms with E-state index in [0.29, 0.717) is 49.3 Å². The van der Waals surface area contributed by atoms with Crippen molar-refractivity contribution in [2.75, 3.05) is 44.7 Å². The molecule has 1 fully saturated rings. The number of aliphatic carboxylic acids is 1. The Kier molecular flexibility index (Phi) is 7.61. The normalized spacial score (nSPS) is 15.1. The SMILES string of the molecule is CCOC(=O)N1CCN(C(C=O)C(=O)Nc2cc(OCC(=O)O)c3ccccc3c2)CC1. The second-order valence-electron chi connectivity index (χ2n) is 7.17. The van der Waals surface area contributed by atoms with Gasteiger partial charge in [-0.1, -0.05) is 24.3 Å². The highest BCUT2D eigenvalue weighted by atomic mass is 16.6. The molecular formula is C22H25N3O7. The number of rotatable bonds is 8. The first-order valence-electron chi connectivity index (χ1n) is 10.2. The van der Waals surface area contributed by atoms with Crippen molar-refractivity contribution in [2.45, 2.75) is 13.0 Å². The van der Waals surface area contributed by atoms with Gasteiger partial charge in [-0.15, -0.1) is 0 Å². The van der Waals surface area contributed by atoms with Gasteiger partial charge < -0.3 is 29.6 Å². The topological polar surface area (TPSA) is 125 Å². The molecule has 0 aliphatic carbocycles. The number of carbonyl (C=O) groups excluding carboxylic acids is 3. The number of nitrogens with zero attached hydrogens (tertiary/aromatic N) is 2. The second-order valence-corrected chi connectivity index (χ2v) is 7.17. The van der Waals surface area contributed by atoms with Crippen molar-refractivity contribution < 1.29 is 33.8 Å². The van der Waals surface area contributed by atoms with E-state index in [1.807, 2.05) is 12.1 Å². The van der Waals surface area contributed by atoms with Crippen LogP contribution < -0.4 is 10.1 Å². The van der Waals surface area contributed by atoms with Crippen molar-refractivity contribution in [3.05, 3.63) is 36.4 Å². The molecule has 32 heavy (non-hydrogen) atoms. The molecule has 1 atom stereocenters. The van der Waals surface area contributed by atoms with Gasteiger partial charge in [-0.3, -0.25) is 9.69 Å². The van der Waals surface area contributed by atoms with Gasteiger partial charge in [0.2, 0.25) is 5.91 Å². The zero-order chi connectivity index (χ0) is 23.1. The molecule has 1 unspecified atom stereocenters. The zero-order valence-corrected chi connectivity index (χ0v) is 17.7. The first-order chi connectivity index (χ1) is 15.4. The number of carboxylic acid groups (broad SMARTS) is 1. The van der Waals surface area contributed by atoms with Gasteiger partial charge in [0.25, 0.3) is 0 Å². The molecule has 1 heterocycles. The van der Waals surface area contributed by atoms with Gasteiger partial charge in [-0.05, 0) is 18.4 Å². The molecule has 10 nitrogen and oxygen atoms in total. The maximum Gasteiger partial charge on any atom is 0.409 e. The van der Waals surface area contributed by atoms with E-state index in [0.717, 1.165) is 5.39 Å². The third-order valence-corrected chi connectivity index (χ3v) is 5.07. The van der Waals surface area contributed by atoms with E-state index in [4.69, 9.17) is 14.6 Å². The van der Waals surface area contributed by atoms with Gasteiger partial charge >= 0.3 is 12.1 Å². The highest BCUT2D eigenvalue weighted by molar-refractivity contribution is 6.05. The average molecular weight is 443 g/mol. The van der Waals surface area contributed by atoms with Crippen molar-refractivity contribution in [3.63, 3.8) is 0 Å². The first kappa shape index (κ1) is 23.0. The molecule has 1 aliphatic heterocycles. The number of aldehydes is 1. The van der Waals surface area contributed by atoms with E-state index >= 15 is 0 Å². The summed E-state index contributed by atoms with van der Waals surface area (Å²) in [7, 11) is 0. The Hall–Kier alpha value is -3.66. The lowest BCUT2D eigenvalue weighted by atomic mass is 10.1. The van der Waals surface area contributed by atoms with Crippen LogP contribution in [0.4, 0.5) is 10.5 Å². The summed E-state index contributed by atoms with van der Waals surface area (Å²) in [5.41, 5.74) is 0.381. The smallest absolute Gasteiger partial charge is 0.409 e. The number of hydrogen-bond acceptors (Lipinski definition) is 7. The van der Waals surface area contributed by atoms with Crippen LogP contribution in [0.5, 0.6) is 5.75 Å². The van der Waals surface area contributed by atoms with Crippen LogP contribution in [0, 0.1) is 0 Å². The lowest BCUT2D eigenvalue weighted by molar-refractivity contribution is -0.139. The molecule has 2 N–H and O–H groups in total. The fourth-order valence-corrected chi connectivity index (χ4v) is 3.53. The van der Waals surface area contributed by atoms with Crippen molar-refractivity contribution in [1.29, 1.82) is 0 Å². The monoisotopic (exact) mass is 443 g/mol. The Bertz CT molecular complexity index is 1000. The molecule has 0 saturated carbocycles. The standard InChI is InChI=1S/C22H25N3O7/c1-2-31-22(30)25-9-7-24(8-10-25)18(13-26)21(29)23-16-11-15-5-3-4-6-17(15)19(12-16)32-14-20(27)28/h3-6,11-13,18H,2,7-10,14H2,1H3,(H,23,29)(H,27,28). The molecule has 10 heteroatoms. The molecule has 2 aromatic rings. The highest BCUT2D eigenvalue weighted by Crippen LogP contribution is 2.30. The van der Waals surface area contributed by atoms with E-state index in [-0.39, 0.29) is 6.61 Å². The molecule has 1 aliphatic rings. The predicted octanol–water partition coefficient (Wildman–Crippen LogP) is 1.58. The predicted molar refractivity (Wildman–Crippen MR) is 116 cm³/mol. The fourth-order valence-electron chi connectivity index (χ4n) is 3.53. The van der Waals surface area contributed by atoms with Crippen LogP contribution in [0.15, 0.2) is 36.4 Å². The number of carbonyl (C=O) groups is 4. The Morgan fingerprint density at radius 3 is 2.53 bits per heavy atom. The summed E-state index contributed by atoms with van der Waals surface area (Å²) in [4.78, 5) is 50.5. The minimum atomic E-state index is -1.12. The van der Waals surface area contributed by atoms with Gasteiger partial charge in [0.05, 0.1) is 6.61 Å². The molecular weight excluding hydrogens is 418 g/mol. The Morgan fingerprint density at radius 2 is 1.88 bits per heavy atom. The van der Waals surface area contributed by atoms with E-state index in [9.17, 15) is 19.2 Å². The largest absolute Gasteiger partial charge is 0.481 e. The number of nitrogens with one attached hydrogen (secondary N) is 1. The molecule has 2 aromatic carbocycles. The maximum absolute atomic E-state index is 12.9. The number of fused-ring (bicyclic) bond motifs is 1. The molecule has 170 valence electrons. The zero-order valence-electron chi connectivity index (χ0n) is 17.7. The summed E-state index contributed by atoms with van der Waals surface area (Å²) >= 11 is 0. The van der Waals surface area contributed by atoms with Gasteiger partial charge in [-0.2, -0.15) is 0 Å². The Balaban J connectivity index is 1.72. The number of hydrogen-bond donors (Lipinski definition) is 2. The van der Waals surface area contributed by atoms with Crippen LogP contribution in [-0.4, -0.2) is 84.6 Å². The third-order valence-electron chi connectivity index (χ3n) is 5.07. The second kappa shape index (κ2) is 10.6. The minimum Gasteiger partial charge on any atom is -0.481 e. The molecule has 1 saturated heterocycles. The van der Waals surface area contributed by atoms with Crippen LogP contribution >= 0.6 is 0 Å². The summed E-state index contributed by atoms with van der Waals surface area (Å²) in [5, 5.41) is 13.1. The summed E-state index contributed by atoms with van der Waals surface area (Å²) in [6, 6.07) is 9.43. The summed E-state index contributed by atoms with van der Waals surface area (Å²) < 4.78 is 10.4. The molecule has 0 bridgehead atoms. The van der Waals surface area contributed by atoms with E-state index < -0.39 is 30.6 Å². The number of ether oxygens (including phenoxy) is 2. The number of carboxylic acids is 1. The number of piperazine rings is 1. The third kappa shape index (κ3) is 5.52. The average Bonchev–Trinajstić information content (AvgIpc) is 2.78. The molecule has 0 spiro atoms. The molecule has 3 rings (SSSR count). The summed E-state index contributed by atoms with van der Waals surface area (Å²) in [6.45, 7) is 2.87. The minimum absolute atomic E-state index is 0.280. The summed E-state index contributed by atoms with van der Waals surface area (Å²) in [5.74, 6) is -1.33. The van der Waals surface area contributed by atoms with Crippen LogP contribution in [0.1, 0.15) is 6.92 Å².